The van der Waals surface area contributed by atoms with Crippen molar-refractivity contribution in [2.45, 2.75) is 108 Å². The molecule has 474 valence electrons. The fourth-order valence-corrected chi connectivity index (χ4v) is 34.8. The van der Waals surface area contributed by atoms with E-state index in [1.807, 2.05) is 0 Å². The van der Waals surface area contributed by atoms with Crippen molar-refractivity contribution in [2.24, 2.45) is 0 Å². The second-order valence-corrected chi connectivity index (χ2v) is 36.9. The Hall–Kier alpha value is -7.54. The zero-order chi connectivity index (χ0) is 61.8. The topological polar surface area (TPSA) is 96.0 Å². The molecule has 0 amide bonds. The normalized spacial score (nSPS) is 35.5. The smallest absolute Gasteiger partial charge is 0.170 e. The lowest BCUT2D eigenvalue weighted by Gasteiger charge is -2.76. The Bertz CT molecular complexity index is 8120. The summed E-state index contributed by atoms with van der Waals surface area (Å²) >= 11 is 0. The van der Waals surface area contributed by atoms with Gasteiger partial charge in [0, 0.05) is 126 Å². The number of hydrogen-bond acceptors (Lipinski definition) is 13. The maximum Gasteiger partial charge on any atom is 0.170 e. The van der Waals surface area contributed by atoms with Gasteiger partial charge in [0.25, 0.3) is 0 Å². The van der Waals surface area contributed by atoms with Gasteiger partial charge in [-0.25, -0.2) is 0 Å². The lowest BCUT2D eigenvalue weighted by atomic mass is 9.42. The fourth-order valence-electron chi connectivity index (χ4n) is 34.8. The summed E-state index contributed by atoms with van der Waals surface area (Å²) in [5, 5.41) is 64.5. The first-order chi connectivity index (χ1) is 50.0. The van der Waals surface area contributed by atoms with Crippen molar-refractivity contribution in [3.8, 4) is 0 Å². The van der Waals surface area contributed by atoms with Crippen LogP contribution in [0.15, 0.2) is 22.3 Å². The van der Waals surface area contributed by atoms with Gasteiger partial charge in [-0.05, 0) is 271 Å². The maximum absolute atomic E-state index is 9.92. The van der Waals surface area contributed by atoms with Gasteiger partial charge in [0.2, 0.25) is 0 Å². The van der Waals surface area contributed by atoms with Crippen LogP contribution in [0, 0.1) is 0 Å². The SMILES string of the molecule is C1COC2(CCN(C34C5=C6C78OC69C6=C5C5(N%10CCC%11(CC%10)OCCO%11)c%10c3c3c%11c4c7c4c7c8c8c%12c%13c(c%14c%15c%16c(c5c5c%10c%10c3c3c%17c%11c4c4c%11c7c%12c7c%12c%13c%15c%13c%15c%16c5c5c%10c3c3c(c4%17)c(c%117)c(c%13%12)c3c5%15)C6%14N3CCC4(CC3)OCCO4)C89N3CCC4(CC3)OCCO4)CC2)O1. The number of hydrogen-bond donors (Lipinski definition) is 0. The monoisotopic (exact) mass is 1300 g/mol. The van der Waals surface area contributed by atoms with Crippen LogP contribution in [-0.2, 0) is 70.4 Å². The molecule has 9 heterocycles. The number of ether oxygens (including phenoxy) is 9. The molecule has 0 saturated carbocycles. The molecule has 13 nitrogen and oxygen atoms in total. The van der Waals surface area contributed by atoms with Crippen LogP contribution in [0.2, 0.25) is 0 Å². The van der Waals surface area contributed by atoms with E-state index in [4.69, 9.17) is 37.9 Å². The average molecular weight is 1310 g/mol. The lowest BCUT2D eigenvalue weighted by molar-refractivity contribution is -0.267. The van der Waals surface area contributed by atoms with Crippen molar-refractivity contribution in [2.75, 3.05) is 105 Å². The van der Waals surface area contributed by atoms with Gasteiger partial charge < -0.3 is 42.6 Å². The molecule has 6 atom stereocenters. The molecule has 101 heavy (non-hydrogen) atoms. The average Bonchev–Trinajstić information content (AvgIpc) is 1.36. The highest BCUT2D eigenvalue weighted by Gasteiger charge is 2.94. The summed E-state index contributed by atoms with van der Waals surface area (Å²) in [4.78, 5) is 12.8. The summed E-state index contributed by atoms with van der Waals surface area (Å²) in [6.07, 6.45) is 6.67. The van der Waals surface area contributed by atoms with Gasteiger partial charge in [-0.2, -0.15) is 0 Å². The van der Waals surface area contributed by atoms with Crippen molar-refractivity contribution >= 4 is 215 Å². The van der Waals surface area contributed by atoms with Crippen molar-refractivity contribution in [1.82, 2.24) is 19.6 Å². The largest absolute Gasteiger partial charge is 0.347 e. The Balaban J connectivity index is 0.860. The lowest BCUT2D eigenvalue weighted by Crippen LogP contribution is -2.83. The molecule has 6 unspecified atom stereocenters. The Kier molecular flexibility index (Phi) is 5.18. The number of likely N-dealkylation sites (tertiary alicyclic amines) is 4. The molecule has 0 aromatic heterocycles. The molecule has 20 aliphatic rings. The molecule has 21 aromatic carbocycles. The second kappa shape index (κ2) is 11.5. The van der Waals surface area contributed by atoms with Gasteiger partial charge in [0.1, 0.15) is 16.7 Å². The first-order valence-electron chi connectivity index (χ1n) is 39.1. The molecule has 0 radical (unpaired) electrons. The van der Waals surface area contributed by atoms with Gasteiger partial charge in [0.05, 0.1) is 69.5 Å². The molecule has 2 bridgehead atoms. The van der Waals surface area contributed by atoms with Crippen molar-refractivity contribution in [1.29, 1.82) is 0 Å². The number of rotatable bonds is 4. The predicted molar refractivity (Wildman–Crippen MR) is 381 cm³/mol. The van der Waals surface area contributed by atoms with Crippen LogP contribution in [-0.4, -0.2) is 154 Å². The molecule has 11 aliphatic carbocycles. The molecular weight excluding hydrogens is 1260 g/mol. The zero-order valence-electron chi connectivity index (χ0n) is 54.4. The Morgan fingerprint density at radius 3 is 0.723 bits per heavy atom. The Morgan fingerprint density at radius 1 is 0.198 bits per heavy atom. The van der Waals surface area contributed by atoms with Gasteiger partial charge in [-0.15, -0.1) is 0 Å². The summed E-state index contributed by atoms with van der Waals surface area (Å²) in [5.41, 5.74) is 18.5. The third-order valence-corrected chi connectivity index (χ3v) is 36.1. The summed E-state index contributed by atoms with van der Waals surface area (Å²) < 4.78 is 65.7. The Morgan fingerprint density at radius 2 is 0.406 bits per heavy atom. The van der Waals surface area contributed by atoms with Crippen LogP contribution in [0.5, 0.6) is 0 Å². The van der Waals surface area contributed by atoms with Crippen LogP contribution in [0.3, 0.4) is 0 Å². The molecule has 0 N–H and O–H groups in total. The third kappa shape index (κ3) is 2.98. The first kappa shape index (κ1) is 45.5. The van der Waals surface area contributed by atoms with Crippen molar-refractivity contribution < 1.29 is 42.6 Å². The van der Waals surface area contributed by atoms with Gasteiger partial charge in [-0.3, -0.25) is 19.6 Å². The highest BCUT2D eigenvalue weighted by atomic mass is 16.8. The fraction of sp³-hybridized carbons (Fsp3) is 0.386. The minimum absolute atomic E-state index is 0.582. The number of benzene rings is 15. The quantitative estimate of drug-likeness (QED) is 0.157. The van der Waals surface area contributed by atoms with Crippen molar-refractivity contribution in [3.05, 3.63) is 77.9 Å². The molecule has 13 heteroatoms. The predicted octanol–water partition coefficient (Wildman–Crippen LogP) is 14.2. The molecular formula is C88H48N4O9. The van der Waals surface area contributed by atoms with Gasteiger partial charge in [0.15, 0.2) is 23.1 Å². The van der Waals surface area contributed by atoms with E-state index in [1.165, 1.54) is 0 Å². The van der Waals surface area contributed by atoms with E-state index < -0.39 is 56.5 Å². The summed E-state index contributed by atoms with van der Waals surface area (Å²) in [7, 11) is 0. The van der Waals surface area contributed by atoms with E-state index in [0.717, 1.165) is 104 Å². The van der Waals surface area contributed by atoms with Crippen LogP contribution in [0.25, 0.3) is 215 Å². The molecule has 21 aromatic rings. The molecule has 41 rings (SSSR count). The summed E-state index contributed by atoms with van der Waals surface area (Å²) in [6.45, 7) is 12.2. The van der Waals surface area contributed by atoms with Crippen LogP contribution in [0.1, 0.15) is 107 Å². The highest BCUT2D eigenvalue weighted by molar-refractivity contribution is 6.77. The van der Waals surface area contributed by atoms with Gasteiger partial charge >= 0.3 is 0 Å². The summed E-state index contributed by atoms with van der Waals surface area (Å²) in [5.74, 6) is -2.36. The Labute approximate surface area is 565 Å². The van der Waals surface area contributed by atoms with E-state index in [-0.39, 0.29) is 0 Å². The van der Waals surface area contributed by atoms with E-state index in [0.29, 0.717) is 52.9 Å². The molecule has 9 fully saturated rings. The van der Waals surface area contributed by atoms with E-state index in [1.54, 1.807) is 293 Å². The minimum atomic E-state index is -0.922. The first-order valence-corrected chi connectivity index (χ1v) is 39.1. The minimum Gasteiger partial charge on any atom is -0.347 e. The van der Waals surface area contributed by atoms with E-state index in [2.05, 4.69) is 19.6 Å². The van der Waals surface area contributed by atoms with E-state index >= 15 is 0 Å². The molecule has 6 spiro atoms. The standard InChI is InChI=1S/C88H48N4O9/c1-9-89(10-2-79(1)93-17-18-94-79)83-65-55-45-35-30-25-26-28-29-27(25)32-39-37(30)46(45)57-59-49(39)51-41(32)42-34(29)44-43-33(28)40-38-31(26)36(35)47-48(38)58-60-50(40)53(43)63-64-54(44)52(42)62-61(51)71-69(59)84(66(57)65,90-11-3-80(4-12-90)95-19-20-96-80)76-75(83)77-85(68(58)67(83)56(47)55,91-13-5-81(6-14-91)97-21-22-98-81)70(60)73(63)87(92-15-7-82(8-16-92)99-23-24-100-82)74(64)72(62)86(71)78(76)88(77,87)101-86/h1-24H2. The molecule has 9 aliphatic heterocycles. The number of piperidine rings is 4. The van der Waals surface area contributed by atoms with Crippen LogP contribution in [0.4, 0.5) is 0 Å². The van der Waals surface area contributed by atoms with Crippen LogP contribution >= 0.6 is 0 Å². The number of nitrogens with zero attached hydrogens (tertiary/aromatic N) is 4. The van der Waals surface area contributed by atoms with Crippen molar-refractivity contribution in [3.63, 3.8) is 0 Å². The second-order valence-electron chi connectivity index (χ2n) is 36.9. The maximum atomic E-state index is 9.92. The van der Waals surface area contributed by atoms with Crippen LogP contribution < -0.4 is 0 Å². The highest BCUT2D eigenvalue weighted by Crippen LogP contribution is 2.96. The third-order valence-electron chi connectivity index (χ3n) is 36.1. The van der Waals surface area contributed by atoms with E-state index in [9.17, 15) is 4.74 Å². The molecule has 9 saturated heterocycles. The zero-order valence-corrected chi connectivity index (χ0v) is 54.4. The van der Waals surface area contributed by atoms with Gasteiger partial charge in [-0.1, -0.05) is 0 Å². The summed E-state index contributed by atoms with van der Waals surface area (Å²) in [6, 6.07) is 0.